The van der Waals surface area contributed by atoms with E-state index in [-0.39, 0.29) is 0 Å². The SMILES string of the molecule is O=CNCc1cccc(Nc2[nH]ncc2Nc2cccc(Cl)c2)c1. The molecule has 1 aromatic heterocycles. The molecule has 0 bridgehead atoms. The van der Waals surface area contributed by atoms with Crippen molar-refractivity contribution in [3.63, 3.8) is 0 Å². The van der Waals surface area contributed by atoms with Crippen LogP contribution in [0.3, 0.4) is 0 Å². The summed E-state index contributed by atoms with van der Waals surface area (Å²) in [4.78, 5) is 10.4. The number of hydrogen-bond donors (Lipinski definition) is 4. The number of aromatic amines is 1. The molecule has 1 amide bonds. The highest BCUT2D eigenvalue weighted by atomic mass is 35.5. The molecule has 0 atom stereocenters. The summed E-state index contributed by atoms with van der Waals surface area (Å²) in [6.07, 6.45) is 2.38. The highest BCUT2D eigenvalue weighted by Crippen LogP contribution is 2.27. The highest BCUT2D eigenvalue weighted by Gasteiger charge is 2.06. The van der Waals surface area contributed by atoms with Gasteiger partial charge in [0, 0.05) is 22.9 Å². The van der Waals surface area contributed by atoms with E-state index >= 15 is 0 Å². The van der Waals surface area contributed by atoms with Gasteiger partial charge in [-0.1, -0.05) is 29.8 Å². The van der Waals surface area contributed by atoms with E-state index in [4.69, 9.17) is 11.6 Å². The van der Waals surface area contributed by atoms with E-state index in [1.165, 1.54) is 0 Å². The average Bonchev–Trinajstić information content (AvgIpc) is 3.00. The normalized spacial score (nSPS) is 10.2. The van der Waals surface area contributed by atoms with Gasteiger partial charge in [0.2, 0.25) is 6.41 Å². The second-order valence-corrected chi connectivity index (χ2v) is 5.55. The van der Waals surface area contributed by atoms with Crippen molar-refractivity contribution in [2.24, 2.45) is 0 Å². The Morgan fingerprint density at radius 2 is 1.88 bits per heavy atom. The Morgan fingerprint density at radius 3 is 2.67 bits per heavy atom. The standard InChI is InChI=1S/C17H16ClN5O/c18-13-4-2-6-15(8-13)21-16-10-20-23-17(16)22-14-5-1-3-12(7-14)9-19-11-24/h1-8,10-11,21H,9H2,(H,19,24)(H2,20,22,23). The minimum atomic E-state index is 0.482. The van der Waals surface area contributed by atoms with E-state index in [2.05, 4.69) is 26.1 Å². The third-order valence-electron chi connectivity index (χ3n) is 3.33. The van der Waals surface area contributed by atoms with Crippen molar-refractivity contribution in [3.05, 3.63) is 65.3 Å². The van der Waals surface area contributed by atoms with E-state index in [0.717, 1.165) is 28.4 Å². The monoisotopic (exact) mass is 341 g/mol. The Morgan fingerprint density at radius 1 is 1.08 bits per heavy atom. The van der Waals surface area contributed by atoms with E-state index in [1.54, 1.807) is 6.20 Å². The van der Waals surface area contributed by atoms with Gasteiger partial charge in [0.25, 0.3) is 0 Å². The van der Waals surface area contributed by atoms with Gasteiger partial charge in [0.1, 0.15) is 11.5 Å². The molecule has 0 spiro atoms. The molecule has 24 heavy (non-hydrogen) atoms. The highest BCUT2D eigenvalue weighted by molar-refractivity contribution is 6.30. The van der Waals surface area contributed by atoms with Gasteiger partial charge in [0.05, 0.1) is 6.20 Å². The molecule has 0 saturated carbocycles. The molecule has 3 aromatic rings. The number of halogens is 1. The average molecular weight is 342 g/mol. The third kappa shape index (κ3) is 4.05. The van der Waals surface area contributed by atoms with Gasteiger partial charge in [-0.2, -0.15) is 5.10 Å². The van der Waals surface area contributed by atoms with Gasteiger partial charge in [-0.15, -0.1) is 0 Å². The Labute approximate surface area is 144 Å². The van der Waals surface area contributed by atoms with Gasteiger partial charge < -0.3 is 16.0 Å². The fraction of sp³-hybridized carbons (Fsp3) is 0.0588. The van der Waals surface area contributed by atoms with E-state index in [9.17, 15) is 4.79 Å². The van der Waals surface area contributed by atoms with Crippen LogP contribution >= 0.6 is 11.6 Å². The summed E-state index contributed by atoms with van der Waals surface area (Å²) < 4.78 is 0. The van der Waals surface area contributed by atoms with Crippen molar-refractivity contribution >= 4 is 40.9 Å². The van der Waals surface area contributed by atoms with Crippen molar-refractivity contribution in [2.45, 2.75) is 6.54 Å². The van der Waals surface area contributed by atoms with Crippen LogP contribution in [0.25, 0.3) is 0 Å². The van der Waals surface area contributed by atoms with Crippen molar-refractivity contribution in [1.29, 1.82) is 0 Å². The molecule has 0 fully saturated rings. The molecule has 6 nitrogen and oxygen atoms in total. The Kier molecular flexibility index (Phi) is 4.98. The minimum absolute atomic E-state index is 0.482. The molecular formula is C17H16ClN5O. The number of rotatable bonds is 7. The molecule has 0 unspecified atom stereocenters. The molecule has 0 aliphatic rings. The molecule has 7 heteroatoms. The maximum atomic E-state index is 10.4. The second-order valence-electron chi connectivity index (χ2n) is 5.12. The van der Waals surface area contributed by atoms with Gasteiger partial charge in [-0.3, -0.25) is 9.89 Å². The molecule has 0 aliphatic carbocycles. The van der Waals surface area contributed by atoms with Gasteiger partial charge >= 0.3 is 0 Å². The largest absolute Gasteiger partial charge is 0.355 e. The molecule has 2 aromatic carbocycles. The quantitative estimate of drug-likeness (QED) is 0.493. The van der Waals surface area contributed by atoms with Crippen molar-refractivity contribution in [2.75, 3.05) is 10.6 Å². The van der Waals surface area contributed by atoms with Gasteiger partial charge in [-0.25, -0.2) is 0 Å². The van der Waals surface area contributed by atoms with Crippen LogP contribution in [-0.2, 0) is 11.3 Å². The maximum Gasteiger partial charge on any atom is 0.207 e. The summed E-state index contributed by atoms with van der Waals surface area (Å²) in [5, 5.41) is 16.8. The molecule has 0 radical (unpaired) electrons. The maximum absolute atomic E-state index is 10.4. The predicted molar refractivity (Wildman–Crippen MR) is 96.0 cm³/mol. The van der Waals surface area contributed by atoms with Crippen LogP contribution in [0.4, 0.5) is 22.9 Å². The number of benzene rings is 2. The van der Waals surface area contributed by atoms with Gasteiger partial charge in [0.15, 0.2) is 0 Å². The molecule has 122 valence electrons. The van der Waals surface area contributed by atoms with Crippen LogP contribution < -0.4 is 16.0 Å². The summed E-state index contributed by atoms with van der Waals surface area (Å²) in [5.74, 6) is 0.732. The first kappa shape index (κ1) is 15.9. The van der Waals surface area contributed by atoms with Crippen LogP contribution in [0.5, 0.6) is 0 Å². The fourth-order valence-corrected chi connectivity index (χ4v) is 2.45. The van der Waals surface area contributed by atoms with Crippen LogP contribution in [-0.4, -0.2) is 16.6 Å². The Hall–Kier alpha value is -2.99. The summed E-state index contributed by atoms with van der Waals surface area (Å²) in [5.41, 5.74) is 3.55. The number of hydrogen-bond acceptors (Lipinski definition) is 4. The van der Waals surface area contributed by atoms with Crippen molar-refractivity contribution < 1.29 is 4.79 Å². The summed E-state index contributed by atoms with van der Waals surface area (Å²) in [7, 11) is 0. The predicted octanol–water partition coefficient (Wildman–Crippen LogP) is 3.80. The van der Waals surface area contributed by atoms with Crippen molar-refractivity contribution in [1.82, 2.24) is 15.5 Å². The number of aromatic nitrogens is 2. The number of nitrogens with zero attached hydrogens (tertiary/aromatic N) is 1. The number of amides is 1. The van der Waals surface area contributed by atoms with Crippen LogP contribution in [0.2, 0.25) is 5.02 Å². The van der Waals surface area contributed by atoms with Crippen LogP contribution in [0, 0.1) is 0 Å². The number of H-pyrrole nitrogens is 1. The van der Waals surface area contributed by atoms with E-state index in [0.29, 0.717) is 18.0 Å². The molecular weight excluding hydrogens is 326 g/mol. The lowest BCUT2D eigenvalue weighted by Crippen LogP contribution is -2.09. The zero-order valence-electron chi connectivity index (χ0n) is 12.7. The molecule has 4 N–H and O–H groups in total. The van der Waals surface area contributed by atoms with Crippen molar-refractivity contribution in [3.8, 4) is 0 Å². The first-order valence-corrected chi connectivity index (χ1v) is 7.71. The molecule has 3 rings (SSSR count). The van der Waals surface area contributed by atoms with Crippen LogP contribution in [0.15, 0.2) is 54.7 Å². The fourth-order valence-electron chi connectivity index (χ4n) is 2.26. The minimum Gasteiger partial charge on any atom is -0.355 e. The lowest BCUT2D eigenvalue weighted by molar-refractivity contribution is -0.109. The molecule has 0 saturated heterocycles. The Balaban J connectivity index is 1.75. The zero-order valence-corrected chi connectivity index (χ0v) is 13.5. The number of carbonyl (C=O) groups is 1. The third-order valence-corrected chi connectivity index (χ3v) is 3.56. The zero-order chi connectivity index (χ0) is 16.8. The summed E-state index contributed by atoms with van der Waals surface area (Å²) >= 11 is 6.00. The lowest BCUT2D eigenvalue weighted by Gasteiger charge is -2.10. The first-order chi connectivity index (χ1) is 11.7. The van der Waals surface area contributed by atoms with Gasteiger partial charge in [-0.05, 0) is 35.9 Å². The van der Waals surface area contributed by atoms with E-state index in [1.807, 2.05) is 48.5 Å². The van der Waals surface area contributed by atoms with Crippen LogP contribution in [0.1, 0.15) is 5.56 Å². The molecule has 0 aliphatic heterocycles. The topological polar surface area (TPSA) is 81.8 Å². The summed E-state index contributed by atoms with van der Waals surface area (Å²) in [6.45, 7) is 0.482. The lowest BCUT2D eigenvalue weighted by atomic mass is 10.2. The number of carbonyl (C=O) groups excluding carboxylic acids is 1. The number of anilines is 4. The van der Waals surface area contributed by atoms with E-state index < -0.39 is 0 Å². The summed E-state index contributed by atoms with van der Waals surface area (Å²) in [6, 6.07) is 15.2. The Bertz CT molecular complexity index is 833. The second kappa shape index (κ2) is 7.52. The molecule has 1 heterocycles. The smallest absolute Gasteiger partial charge is 0.207 e. The first-order valence-electron chi connectivity index (χ1n) is 7.33. The number of nitrogens with one attached hydrogen (secondary N) is 4.